The van der Waals surface area contributed by atoms with Crippen LogP contribution in [-0.2, 0) is 9.53 Å². The molecule has 1 aliphatic rings. The summed E-state index contributed by atoms with van der Waals surface area (Å²) in [6.45, 7) is 0. The average molecular weight is 328 g/mol. The minimum atomic E-state index is -0.144. The first-order valence-electron chi connectivity index (χ1n) is 5.71. The molecule has 0 unspecified atom stereocenters. The van der Waals surface area contributed by atoms with E-state index in [9.17, 15) is 4.79 Å². The normalized spacial score (nSPS) is 18.1. The Morgan fingerprint density at radius 2 is 2.17 bits per heavy atom. The number of nitrogens with one attached hydrogen (secondary N) is 1. The number of carbonyl (C=O) groups excluding carboxylic acids is 1. The maximum atomic E-state index is 12.1. The Morgan fingerprint density at radius 1 is 1.39 bits per heavy atom. The number of anilines is 1. The molecule has 1 aliphatic heterocycles. The van der Waals surface area contributed by atoms with E-state index in [0.29, 0.717) is 20.7 Å². The predicted octanol–water partition coefficient (Wildman–Crippen LogP) is 2.70. The third-order valence-corrected chi connectivity index (χ3v) is 6.65. The zero-order valence-electron chi connectivity index (χ0n) is 10.1. The van der Waals surface area contributed by atoms with Crippen LogP contribution < -0.4 is 5.32 Å². The fourth-order valence-corrected chi connectivity index (χ4v) is 5.94. The summed E-state index contributed by atoms with van der Waals surface area (Å²) in [6.07, 6.45) is 1.24. The number of hydrogen-bond acceptors (Lipinski definition) is 3. The minimum absolute atomic E-state index is 0.144. The molecule has 0 aliphatic carbocycles. The van der Waals surface area contributed by atoms with E-state index in [-0.39, 0.29) is 5.91 Å². The molecule has 1 aromatic rings. The zero-order chi connectivity index (χ0) is 12.8. The monoisotopic (exact) mass is 329 g/mol. The SMILES string of the molecule is CO/C(C(=O)Nc1ccccc1)=C1\SCCC[Se]1. The third kappa shape index (κ3) is 3.54. The molecule has 96 valence electrons. The summed E-state index contributed by atoms with van der Waals surface area (Å²) in [7, 11) is 1.57. The summed E-state index contributed by atoms with van der Waals surface area (Å²) in [5.74, 6) is 1.43. The van der Waals surface area contributed by atoms with Crippen LogP contribution in [0.4, 0.5) is 5.69 Å². The van der Waals surface area contributed by atoms with E-state index in [1.54, 1.807) is 18.9 Å². The van der Waals surface area contributed by atoms with Gasteiger partial charge in [0.25, 0.3) is 0 Å². The summed E-state index contributed by atoms with van der Waals surface area (Å²) in [5, 5.41) is 4.06. The maximum absolute atomic E-state index is 12.1. The van der Waals surface area contributed by atoms with Crippen LogP contribution in [0, 0.1) is 0 Å². The van der Waals surface area contributed by atoms with Crippen molar-refractivity contribution in [1.29, 1.82) is 0 Å². The van der Waals surface area contributed by atoms with Gasteiger partial charge in [-0.25, -0.2) is 0 Å². The summed E-state index contributed by atoms with van der Waals surface area (Å²) in [5.41, 5.74) is 0.797. The van der Waals surface area contributed by atoms with E-state index in [2.05, 4.69) is 5.32 Å². The molecule has 0 aromatic heterocycles. The first-order valence-corrected chi connectivity index (χ1v) is 8.77. The van der Waals surface area contributed by atoms with Crippen LogP contribution in [0.1, 0.15) is 6.42 Å². The molecule has 1 fully saturated rings. The van der Waals surface area contributed by atoms with Gasteiger partial charge in [-0.15, -0.1) is 0 Å². The number of thioether (sulfide) groups is 1. The molecule has 0 radical (unpaired) electrons. The van der Waals surface area contributed by atoms with Crippen molar-refractivity contribution >= 4 is 38.3 Å². The van der Waals surface area contributed by atoms with E-state index in [0.717, 1.165) is 15.2 Å². The second kappa shape index (κ2) is 6.88. The van der Waals surface area contributed by atoms with Crippen LogP contribution >= 0.6 is 11.8 Å². The van der Waals surface area contributed by atoms with Crippen molar-refractivity contribution in [2.75, 3.05) is 18.2 Å². The van der Waals surface area contributed by atoms with Crippen molar-refractivity contribution in [2.45, 2.75) is 11.7 Å². The second-order valence-electron chi connectivity index (χ2n) is 3.69. The van der Waals surface area contributed by atoms with Gasteiger partial charge in [-0.05, 0) is 0 Å². The fourth-order valence-electron chi connectivity index (χ4n) is 1.54. The van der Waals surface area contributed by atoms with Crippen LogP contribution in [0.15, 0.2) is 39.9 Å². The van der Waals surface area contributed by atoms with Crippen molar-refractivity contribution in [3.05, 3.63) is 39.9 Å². The number of amides is 1. The molecular formula is C13H15NO2SSe. The number of methoxy groups -OCH3 is 1. The van der Waals surface area contributed by atoms with E-state index < -0.39 is 0 Å². The fraction of sp³-hybridized carbons (Fsp3) is 0.308. The molecule has 1 N–H and O–H groups in total. The Labute approximate surface area is 118 Å². The van der Waals surface area contributed by atoms with Crippen LogP contribution in [0.25, 0.3) is 0 Å². The van der Waals surface area contributed by atoms with Gasteiger partial charge >= 0.3 is 118 Å². The molecule has 0 bridgehead atoms. The van der Waals surface area contributed by atoms with Crippen LogP contribution in [0.5, 0.6) is 0 Å². The molecule has 18 heavy (non-hydrogen) atoms. The molecule has 1 heterocycles. The molecular weight excluding hydrogens is 313 g/mol. The van der Waals surface area contributed by atoms with Gasteiger partial charge in [-0.3, -0.25) is 0 Å². The Kier molecular flexibility index (Phi) is 5.17. The molecule has 1 saturated heterocycles. The number of carbonyl (C=O) groups is 1. The van der Waals surface area contributed by atoms with Gasteiger partial charge in [-0.1, -0.05) is 0 Å². The number of ether oxygens (including phenoxy) is 1. The number of benzene rings is 1. The molecule has 0 atom stereocenters. The Balaban J connectivity index is 2.10. The summed E-state index contributed by atoms with van der Waals surface area (Å²) in [4.78, 5) is 12.1. The first-order chi connectivity index (χ1) is 8.81. The van der Waals surface area contributed by atoms with Gasteiger partial charge in [0.15, 0.2) is 0 Å². The zero-order valence-corrected chi connectivity index (χ0v) is 12.7. The quantitative estimate of drug-likeness (QED) is 0.527. The molecule has 1 amide bonds. The van der Waals surface area contributed by atoms with E-state index >= 15 is 0 Å². The Hall–Kier alpha value is -0.901. The van der Waals surface area contributed by atoms with Gasteiger partial charge in [0.1, 0.15) is 0 Å². The Bertz CT molecular complexity index is 440. The average Bonchev–Trinajstić information content (AvgIpc) is 2.42. The molecule has 0 saturated carbocycles. The van der Waals surface area contributed by atoms with Crippen molar-refractivity contribution < 1.29 is 9.53 Å². The van der Waals surface area contributed by atoms with Crippen LogP contribution in [-0.4, -0.2) is 33.7 Å². The summed E-state index contributed by atoms with van der Waals surface area (Å²) < 4.78 is 6.42. The van der Waals surface area contributed by atoms with Gasteiger partial charge in [-0.2, -0.15) is 0 Å². The van der Waals surface area contributed by atoms with Crippen LogP contribution in [0.2, 0.25) is 5.32 Å². The van der Waals surface area contributed by atoms with Crippen molar-refractivity contribution in [3.63, 3.8) is 0 Å². The van der Waals surface area contributed by atoms with Gasteiger partial charge < -0.3 is 0 Å². The number of rotatable bonds is 3. The predicted molar refractivity (Wildman–Crippen MR) is 76.7 cm³/mol. The summed E-state index contributed by atoms with van der Waals surface area (Å²) in [6, 6.07) is 9.46. The first kappa shape index (κ1) is 13.5. The molecule has 2 rings (SSSR count). The second-order valence-corrected chi connectivity index (χ2v) is 7.70. The van der Waals surface area contributed by atoms with E-state index in [1.807, 2.05) is 30.3 Å². The van der Waals surface area contributed by atoms with Gasteiger partial charge in [0.05, 0.1) is 0 Å². The molecule has 5 heteroatoms. The van der Waals surface area contributed by atoms with Crippen LogP contribution in [0.3, 0.4) is 0 Å². The topological polar surface area (TPSA) is 38.3 Å². The standard InChI is InChI=1S/C13H15NO2SSe/c1-16-11(13-17-8-5-9-18-13)12(15)14-10-6-3-2-4-7-10/h2-4,6-7H,5,8-9H2,1H3,(H,14,15)/b13-11+. The number of hydrogen-bond donors (Lipinski definition) is 1. The van der Waals surface area contributed by atoms with E-state index in [4.69, 9.17) is 4.74 Å². The summed E-state index contributed by atoms with van der Waals surface area (Å²) >= 11 is 2.13. The van der Waals surface area contributed by atoms with Gasteiger partial charge in [0, 0.05) is 0 Å². The molecule has 1 aromatic carbocycles. The van der Waals surface area contributed by atoms with Crippen molar-refractivity contribution in [1.82, 2.24) is 0 Å². The Morgan fingerprint density at radius 3 is 2.78 bits per heavy atom. The molecule has 0 spiro atoms. The third-order valence-electron chi connectivity index (χ3n) is 2.38. The van der Waals surface area contributed by atoms with Crippen molar-refractivity contribution in [3.8, 4) is 0 Å². The molecule has 3 nitrogen and oxygen atoms in total. The van der Waals surface area contributed by atoms with Crippen molar-refractivity contribution in [2.24, 2.45) is 0 Å². The van der Waals surface area contributed by atoms with E-state index in [1.165, 1.54) is 11.7 Å². The van der Waals surface area contributed by atoms with Gasteiger partial charge in [0.2, 0.25) is 0 Å². The number of para-hydroxylation sites is 1.